The Morgan fingerprint density at radius 2 is 1.22 bits per heavy atom. The first-order valence-electron chi connectivity index (χ1n) is 6.22. The van der Waals surface area contributed by atoms with Gasteiger partial charge in [-0.05, 0) is 12.8 Å². The van der Waals surface area contributed by atoms with Gasteiger partial charge >= 0.3 is 11.9 Å². The quantitative estimate of drug-likeness (QED) is 0.290. The van der Waals surface area contributed by atoms with Crippen LogP contribution in [0.15, 0.2) is 25.3 Å². The van der Waals surface area contributed by atoms with Gasteiger partial charge in [0.15, 0.2) is 0 Å². The van der Waals surface area contributed by atoms with E-state index in [2.05, 4.69) is 13.2 Å². The van der Waals surface area contributed by atoms with Crippen LogP contribution in [-0.4, -0.2) is 25.2 Å². The molecule has 0 rings (SSSR count). The lowest BCUT2D eigenvalue weighted by Gasteiger charge is -2.00. The highest BCUT2D eigenvalue weighted by molar-refractivity contribution is 5.91. The number of esters is 2. The molecule has 0 aliphatic carbocycles. The molecular formula is C14H24O4. The molecule has 0 saturated carbocycles. The van der Waals surface area contributed by atoms with Crippen LogP contribution in [0.25, 0.3) is 0 Å². The highest BCUT2D eigenvalue weighted by Gasteiger charge is 2.00. The Morgan fingerprint density at radius 1 is 0.889 bits per heavy atom. The second-order valence-corrected chi connectivity index (χ2v) is 3.38. The summed E-state index contributed by atoms with van der Waals surface area (Å²) in [5, 5.41) is 0. The topological polar surface area (TPSA) is 52.6 Å². The summed E-state index contributed by atoms with van der Waals surface area (Å²) in [5.74, 6) is -0.998. The van der Waals surface area contributed by atoms with Crippen molar-refractivity contribution < 1.29 is 19.1 Å². The van der Waals surface area contributed by atoms with E-state index < -0.39 is 11.9 Å². The molecule has 0 N–H and O–H groups in total. The average Bonchev–Trinajstić information content (AvgIpc) is 2.39. The molecule has 0 heterocycles. The van der Waals surface area contributed by atoms with Crippen molar-refractivity contribution >= 4 is 11.9 Å². The van der Waals surface area contributed by atoms with E-state index in [0.717, 1.165) is 37.8 Å². The molecule has 0 radical (unpaired) electrons. The van der Waals surface area contributed by atoms with Crippen molar-refractivity contribution in [3.63, 3.8) is 0 Å². The molecule has 0 saturated heterocycles. The Labute approximate surface area is 110 Å². The first kappa shape index (κ1) is 18.8. The largest absolute Gasteiger partial charge is 0.463 e. The van der Waals surface area contributed by atoms with Crippen LogP contribution in [0.1, 0.15) is 39.5 Å². The van der Waals surface area contributed by atoms with E-state index in [9.17, 15) is 9.59 Å². The fourth-order valence-electron chi connectivity index (χ4n) is 0.867. The molecule has 4 heteroatoms. The van der Waals surface area contributed by atoms with Gasteiger partial charge in [0, 0.05) is 12.2 Å². The van der Waals surface area contributed by atoms with Crippen LogP contribution in [-0.2, 0) is 19.1 Å². The van der Waals surface area contributed by atoms with Crippen LogP contribution in [0.4, 0.5) is 0 Å². The Kier molecular flexibility index (Phi) is 16.1. The van der Waals surface area contributed by atoms with Gasteiger partial charge in [0.05, 0.1) is 13.2 Å². The predicted octanol–water partition coefficient (Wildman–Crippen LogP) is 3.03. The first-order chi connectivity index (χ1) is 8.70. The molecule has 18 heavy (non-hydrogen) atoms. The number of carbonyl (C=O) groups is 2. The standard InChI is InChI=1S/C12H20O4.C2H4/c1-3-5-9-15-11(13)7-8-12(14)16-10-6-4-2;1-2/h7-8H,3-6,9-10H2,1-2H3;1-2H2/b8-7+;. The lowest BCUT2D eigenvalue weighted by atomic mass is 10.4. The minimum atomic E-state index is -0.499. The fourth-order valence-corrected chi connectivity index (χ4v) is 0.867. The number of carbonyl (C=O) groups excluding carboxylic acids is 2. The van der Waals surface area contributed by atoms with E-state index >= 15 is 0 Å². The second kappa shape index (κ2) is 15.4. The molecule has 0 fully saturated rings. The zero-order chi connectivity index (χ0) is 14.2. The van der Waals surface area contributed by atoms with E-state index in [0.29, 0.717) is 13.2 Å². The lowest BCUT2D eigenvalue weighted by molar-refractivity contribution is -0.140. The van der Waals surface area contributed by atoms with E-state index in [-0.39, 0.29) is 0 Å². The Bertz CT molecular complexity index is 222. The summed E-state index contributed by atoms with van der Waals surface area (Å²) in [6.07, 6.45) is 5.81. The molecule has 0 amide bonds. The lowest BCUT2D eigenvalue weighted by Crippen LogP contribution is -2.05. The molecule has 0 bridgehead atoms. The van der Waals surface area contributed by atoms with Crippen LogP contribution in [0, 0.1) is 0 Å². The maximum atomic E-state index is 11.0. The Morgan fingerprint density at radius 3 is 1.50 bits per heavy atom. The molecule has 0 aromatic heterocycles. The number of hydrogen-bond acceptors (Lipinski definition) is 4. The van der Waals surface area contributed by atoms with Gasteiger partial charge in [0.1, 0.15) is 0 Å². The fraction of sp³-hybridized carbons (Fsp3) is 0.571. The monoisotopic (exact) mass is 256 g/mol. The number of ether oxygens (including phenoxy) is 2. The minimum absolute atomic E-state index is 0.393. The number of hydrogen-bond donors (Lipinski definition) is 0. The van der Waals surface area contributed by atoms with Crippen molar-refractivity contribution in [2.24, 2.45) is 0 Å². The van der Waals surface area contributed by atoms with Gasteiger partial charge in [0.2, 0.25) is 0 Å². The molecule has 0 aliphatic rings. The number of rotatable bonds is 8. The summed E-state index contributed by atoms with van der Waals surface area (Å²) >= 11 is 0. The van der Waals surface area contributed by atoms with E-state index in [1.165, 1.54) is 0 Å². The predicted molar refractivity (Wildman–Crippen MR) is 72.1 cm³/mol. The summed E-state index contributed by atoms with van der Waals surface area (Å²) in [6.45, 7) is 10.8. The van der Waals surface area contributed by atoms with Crippen LogP contribution in [0.2, 0.25) is 0 Å². The normalized spacial score (nSPS) is 9.44. The van der Waals surface area contributed by atoms with Gasteiger partial charge in [-0.3, -0.25) is 0 Å². The van der Waals surface area contributed by atoms with Crippen LogP contribution in [0.3, 0.4) is 0 Å². The zero-order valence-electron chi connectivity index (χ0n) is 11.4. The van der Waals surface area contributed by atoms with Crippen LogP contribution < -0.4 is 0 Å². The SMILES string of the molecule is C=C.CCCCOC(=O)/C=C/C(=O)OCCCC. The Hall–Kier alpha value is -1.58. The average molecular weight is 256 g/mol. The maximum Gasteiger partial charge on any atom is 0.331 e. The molecule has 0 spiro atoms. The van der Waals surface area contributed by atoms with E-state index in [1.807, 2.05) is 13.8 Å². The van der Waals surface area contributed by atoms with Crippen molar-refractivity contribution in [3.05, 3.63) is 25.3 Å². The number of unbranched alkanes of at least 4 members (excludes halogenated alkanes) is 2. The maximum absolute atomic E-state index is 11.0. The summed E-state index contributed by atoms with van der Waals surface area (Å²) in [5.41, 5.74) is 0. The first-order valence-corrected chi connectivity index (χ1v) is 6.22. The van der Waals surface area contributed by atoms with Crippen molar-refractivity contribution in [1.82, 2.24) is 0 Å². The molecule has 104 valence electrons. The Balaban J connectivity index is 0. The molecule has 0 aromatic carbocycles. The smallest absolute Gasteiger partial charge is 0.331 e. The minimum Gasteiger partial charge on any atom is -0.463 e. The zero-order valence-corrected chi connectivity index (χ0v) is 11.4. The van der Waals surface area contributed by atoms with Gasteiger partial charge < -0.3 is 9.47 Å². The summed E-state index contributed by atoms with van der Waals surface area (Å²) in [6, 6.07) is 0. The molecule has 4 nitrogen and oxygen atoms in total. The molecule has 0 unspecified atom stereocenters. The molecular weight excluding hydrogens is 232 g/mol. The van der Waals surface area contributed by atoms with Crippen molar-refractivity contribution in [1.29, 1.82) is 0 Å². The van der Waals surface area contributed by atoms with Crippen molar-refractivity contribution in [2.45, 2.75) is 39.5 Å². The van der Waals surface area contributed by atoms with Crippen molar-refractivity contribution in [3.8, 4) is 0 Å². The third-order valence-electron chi connectivity index (χ3n) is 1.84. The highest BCUT2D eigenvalue weighted by atomic mass is 16.5. The van der Waals surface area contributed by atoms with Gasteiger partial charge in [0.25, 0.3) is 0 Å². The van der Waals surface area contributed by atoms with E-state index in [4.69, 9.17) is 9.47 Å². The van der Waals surface area contributed by atoms with Crippen molar-refractivity contribution in [2.75, 3.05) is 13.2 Å². The van der Waals surface area contributed by atoms with Gasteiger partial charge in [-0.2, -0.15) is 0 Å². The van der Waals surface area contributed by atoms with Crippen LogP contribution >= 0.6 is 0 Å². The summed E-state index contributed by atoms with van der Waals surface area (Å²) < 4.78 is 9.65. The molecule has 0 aliphatic heterocycles. The van der Waals surface area contributed by atoms with Gasteiger partial charge in [-0.1, -0.05) is 26.7 Å². The van der Waals surface area contributed by atoms with Gasteiger partial charge in [-0.15, -0.1) is 13.2 Å². The molecule has 0 atom stereocenters. The third kappa shape index (κ3) is 14.4. The summed E-state index contributed by atoms with van der Waals surface area (Å²) in [7, 11) is 0. The molecule has 0 aromatic rings. The third-order valence-corrected chi connectivity index (χ3v) is 1.84. The van der Waals surface area contributed by atoms with Crippen LogP contribution in [0.5, 0.6) is 0 Å². The summed E-state index contributed by atoms with van der Waals surface area (Å²) in [4.78, 5) is 22.1. The highest BCUT2D eigenvalue weighted by Crippen LogP contribution is 1.92. The van der Waals surface area contributed by atoms with E-state index in [1.54, 1.807) is 0 Å². The van der Waals surface area contributed by atoms with Gasteiger partial charge in [-0.25, -0.2) is 9.59 Å². The second-order valence-electron chi connectivity index (χ2n) is 3.38.